The molecule has 0 bridgehead atoms. The number of hydrogen-bond acceptors (Lipinski definition) is 3. The van der Waals surface area contributed by atoms with Gasteiger partial charge in [0.2, 0.25) is 0 Å². The lowest BCUT2D eigenvalue weighted by Crippen LogP contribution is -2.38. The molecule has 0 unspecified atom stereocenters. The van der Waals surface area contributed by atoms with Crippen LogP contribution in [0.5, 0.6) is 5.75 Å². The molecule has 0 saturated heterocycles. The van der Waals surface area contributed by atoms with Crippen molar-refractivity contribution in [1.82, 2.24) is 0 Å². The average molecular weight is 437 g/mol. The van der Waals surface area contributed by atoms with Crippen LogP contribution in [0.4, 0.5) is 11.4 Å². The van der Waals surface area contributed by atoms with Crippen LogP contribution in [0.3, 0.4) is 0 Å². The molecule has 3 aromatic rings. The number of carbonyl (C=O) groups excluding carboxylic acids is 2. The Morgan fingerprint density at radius 3 is 2.64 bits per heavy atom. The third kappa shape index (κ3) is 3.92. The maximum Gasteiger partial charge on any atom is 0.265 e. The number of anilines is 2. The highest BCUT2D eigenvalue weighted by molar-refractivity contribution is 9.10. The minimum absolute atomic E-state index is 0.0249. The quantitative estimate of drug-likeness (QED) is 0.648. The molecule has 0 aromatic heterocycles. The molecule has 0 atom stereocenters. The van der Waals surface area contributed by atoms with Crippen molar-refractivity contribution in [2.24, 2.45) is 0 Å². The minimum Gasteiger partial charge on any atom is -0.481 e. The molecule has 0 saturated carbocycles. The van der Waals surface area contributed by atoms with Gasteiger partial charge in [-0.1, -0.05) is 52.3 Å². The Morgan fingerprint density at radius 2 is 1.86 bits per heavy atom. The second kappa shape index (κ2) is 7.86. The minimum atomic E-state index is -0.214. The molecule has 4 rings (SSSR count). The molecule has 140 valence electrons. The summed E-state index contributed by atoms with van der Waals surface area (Å²) in [6, 6.07) is 22.3. The summed E-state index contributed by atoms with van der Waals surface area (Å²) >= 11 is 3.37. The predicted octanol–water partition coefficient (Wildman–Crippen LogP) is 4.63. The number of fused-ring (bicyclic) bond motifs is 1. The third-order valence-corrected chi connectivity index (χ3v) is 4.92. The van der Waals surface area contributed by atoms with Crippen LogP contribution in [0.15, 0.2) is 77.3 Å². The zero-order valence-corrected chi connectivity index (χ0v) is 16.5. The Morgan fingerprint density at radius 1 is 1.04 bits per heavy atom. The highest BCUT2D eigenvalue weighted by Gasteiger charge is 2.26. The number of rotatable bonds is 4. The van der Waals surface area contributed by atoms with Gasteiger partial charge in [0.05, 0.1) is 12.2 Å². The molecular weight excluding hydrogens is 420 g/mol. The largest absolute Gasteiger partial charge is 0.481 e. The summed E-state index contributed by atoms with van der Waals surface area (Å²) in [5, 5.41) is 2.87. The van der Waals surface area contributed by atoms with Crippen molar-refractivity contribution < 1.29 is 14.3 Å². The van der Waals surface area contributed by atoms with Crippen LogP contribution in [0.2, 0.25) is 0 Å². The maximum atomic E-state index is 12.5. The van der Waals surface area contributed by atoms with Crippen molar-refractivity contribution >= 4 is 39.1 Å². The Hall–Kier alpha value is -3.12. The van der Waals surface area contributed by atoms with Crippen LogP contribution in [-0.2, 0) is 11.3 Å². The zero-order chi connectivity index (χ0) is 19.5. The molecule has 0 spiro atoms. The lowest BCUT2D eigenvalue weighted by Gasteiger charge is -2.29. The van der Waals surface area contributed by atoms with E-state index in [4.69, 9.17) is 4.74 Å². The molecule has 6 heteroatoms. The van der Waals surface area contributed by atoms with Gasteiger partial charge in [-0.25, -0.2) is 0 Å². The van der Waals surface area contributed by atoms with Crippen LogP contribution < -0.4 is 15.0 Å². The standard InChI is InChI=1S/C22H17BrN2O3/c23-17-8-4-7-16(11-17)22(27)24-18-9-10-19-20(12-18)28-14-21(26)25(19)13-15-5-2-1-3-6-15/h1-12H,13-14H2,(H,24,27). The van der Waals surface area contributed by atoms with E-state index in [1.165, 1.54) is 0 Å². The van der Waals surface area contributed by atoms with E-state index in [1.807, 2.05) is 42.5 Å². The number of benzene rings is 3. The van der Waals surface area contributed by atoms with E-state index in [0.717, 1.165) is 10.0 Å². The molecule has 0 fully saturated rings. The van der Waals surface area contributed by atoms with Crippen LogP contribution >= 0.6 is 15.9 Å². The molecule has 1 heterocycles. The van der Waals surface area contributed by atoms with Crippen molar-refractivity contribution in [2.45, 2.75) is 6.54 Å². The lowest BCUT2D eigenvalue weighted by atomic mass is 10.1. The van der Waals surface area contributed by atoms with E-state index in [0.29, 0.717) is 29.2 Å². The second-order valence-corrected chi connectivity index (χ2v) is 7.32. The summed E-state index contributed by atoms with van der Waals surface area (Å²) in [4.78, 5) is 26.5. The molecule has 0 aliphatic carbocycles. The van der Waals surface area contributed by atoms with Crippen LogP contribution in [0.25, 0.3) is 0 Å². The summed E-state index contributed by atoms with van der Waals surface area (Å²) in [5.41, 5.74) is 2.89. The number of nitrogens with one attached hydrogen (secondary N) is 1. The molecular formula is C22H17BrN2O3. The Labute approximate surface area is 171 Å². The summed E-state index contributed by atoms with van der Waals surface area (Å²) < 4.78 is 6.44. The molecule has 5 nitrogen and oxygen atoms in total. The molecule has 1 aliphatic heterocycles. The van der Waals surface area contributed by atoms with Gasteiger partial charge in [-0.05, 0) is 35.9 Å². The van der Waals surface area contributed by atoms with Crippen molar-refractivity contribution in [3.63, 3.8) is 0 Å². The van der Waals surface area contributed by atoms with Crippen molar-refractivity contribution in [3.8, 4) is 5.75 Å². The number of ether oxygens (including phenoxy) is 1. The van der Waals surface area contributed by atoms with Gasteiger partial charge in [-0.3, -0.25) is 9.59 Å². The smallest absolute Gasteiger partial charge is 0.265 e. The number of hydrogen-bond donors (Lipinski definition) is 1. The first-order chi connectivity index (χ1) is 13.6. The van der Waals surface area contributed by atoms with Crippen LogP contribution in [0, 0.1) is 0 Å². The number of nitrogens with zero attached hydrogens (tertiary/aromatic N) is 1. The molecule has 2 amide bonds. The van der Waals surface area contributed by atoms with E-state index >= 15 is 0 Å². The van der Waals surface area contributed by atoms with Crippen molar-refractivity contribution in [3.05, 3.63) is 88.4 Å². The first-order valence-corrected chi connectivity index (χ1v) is 9.57. The van der Waals surface area contributed by atoms with Crippen molar-refractivity contribution in [1.29, 1.82) is 0 Å². The van der Waals surface area contributed by atoms with E-state index in [2.05, 4.69) is 21.2 Å². The van der Waals surface area contributed by atoms with E-state index < -0.39 is 0 Å². The fourth-order valence-electron chi connectivity index (χ4n) is 3.05. The summed E-state index contributed by atoms with van der Waals surface area (Å²) in [6.07, 6.45) is 0. The second-order valence-electron chi connectivity index (χ2n) is 6.40. The number of amides is 2. The Bertz CT molecular complexity index is 1040. The monoisotopic (exact) mass is 436 g/mol. The first kappa shape index (κ1) is 18.3. The van der Waals surface area contributed by atoms with Gasteiger partial charge < -0.3 is 15.0 Å². The van der Waals surface area contributed by atoms with Crippen molar-refractivity contribution in [2.75, 3.05) is 16.8 Å². The number of carbonyl (C=O) groups is 2. The molecule has 0 radical (unpaired) electrons. The fourth-order valence-corrected chi connectivity index (χ4v) is 3.45. The highest BCUT2D eigenvalue weighted by Crippen LogP contribution is 2.35. The fraction of sp³-hybridized carbons (Fsp3) is 0.0909. The Balaban J connectivity index is 1.56. The van der Waals surface area contributed by atoms with Gasteiger partial charge in [-0.15, -0.1) is 0 Å². The molecule has 28 heavy (non-hydrogen) atoms. The highest BCUT2D eigenvalue weighted by atomic mass is 79.9. The van der Waals surface area contributed by atoms with Gasteiger partial charge in [0.25, 0.3) is 11.8 Å². The zero-order valence-electron chi connectivity index (χ0n) is 14.9. The SMILES string of the molecule is O=C(Nc1ccc2c(c1)OCC(=O)N2Cc1ccccc1)c1cccc(Br)c1. The average Bonchev–Trinajstić information content (AvgIpc) is 2.71. The van der Waals surface area contributed by atoms with E-state index in [-0.39, 0.29) is 18.4 Å². The lowest BCUT2D eigenvalue weighted by molar-refractivity contribution is -0.121. The first-order valence-electron chi connectivity index (χ1n) is 8.78. The summed E-state index contributed by atoms with van der Waals surface area (Å²) in [6.45, 7) is 0.447. The van der Waals surface area contributed by atoms with Gasteiger partial charge in [0.15, 0.2) is 6.61 Å². The molecule has 1 N–H and O–H groups in total. The summed E-state index contributed by atoms with van der Waals surface area (Å²) in [7, 11) is 0. The maximum absolute atomic E-state index is 12.5. The number of halogens is 1. The topological polar surface area (TPSA) is 58.6 Å². The predicted molar refractivity (Wildman–Crippen MR) is 112 cm³/mol. The Kier molecular flexibility index (Phi) is 5.12. The van der Waals surface area contributed by atoms with Crippen LogP contribution in [0.1, 0.15) is 15.9 Å². The molecule has 1 aliphatic rings. The molecule has 3 aromatic carbocycles. The van der Waals surface area contributed by atoms with Gasteiger partial charge in [0.1, 0.15) is 5.75 Å². The van der Waals surface area contributed by atoms with Crippen LogP contribution in [-0.4, -0.2) is 18.4 Å². The third-order valence-electron chi connectivity index (χ3n) is 4.43. The van der Waals surface area contributed by atoms with Gasteiger partial charge in [0, 0.05) is 21.8 Å². The summed E-state index contributed by atoms with van der Waals surface area (Å²) in [5.74, 6) is 0.263. The van der Waals surface area contributed by atoms with Gasteiger partial charge >= 0.3 is 0 Å². The van der Waals surface area contributed by atoms with E-state index in [9.17, 15) is 9.59 Å². The van der Waals surface area contributed by atoms with E-state index in [1.54, 1.807) is 35.2 Å². The van der Waals surface area contributed by atoms with Gasteiger partial charge in [-0.2, -0.15) is 0 Å². The normalized spacial score (nSPS) is 12.9.